The van der Waals surface area contributed by atoms with Crippen molar-refractivity contribution in [2.75, 3.05) is 6.61 Å². The van der Waals surface area contributed by atoms with Gasteiger partial charge >= 0.3 is 6.18 Å². The molecule has 0 amide bonds. The zero-order valence-electron chi connectivity index (χ0n) is 7.89. The first-order valence-electron chi connectivity index (χ1n) is 4.85. The van der Waals surface area contributed by atoms with Crippen molar-refractivity contribution in [2.24, 2.45) is 0 Å². The molecule has 1 N–H and O–H groups in total. The summed E-state index contributed by atoms with van der Waals surface area (Å²) in [6, 6.07) is 0. The quantitative estimate of drug-likeness (QED) is 0.711. The number of halogens is 3. The SMILES string of the molecule is OC1CCCCCC1OCC(F)(F)F. The van der Waals surface area contributed by atoms with Crippen LogP contribution in [0.25, 0.3) is 0 Å². The first kappa shape index (κ1) is 11.8. The standard InChI is InChI=1S/C9H15F3O2/c10-9(11,12)6-14-8-5-3-1-2-4-7(8)13/h7-8,13H,1-6H2. The zero-order valence-corrected chi connectivity index (χ0v) is 7.89. The zero-order chi connectivity index (χ0) is 10.6. The fraction of sp³-hybridized carbons (Fsp3) is 1.00. The van der Waals surface area contributed by atoms with E-state index in [0.29, 0.717) is 12.8 Å². The molecule has 0 aromatic carbocycles. The van der Waals surface area contributed by atoms with Gasteiger partial charge in [0.05, 0.1) is 12.2 Å². The lowest BCUT2D eigenvalue weighted by Crippen LogP contribution is -2.31. The summed E-state index contributed by atoms with van der Waals surface area (Å²) in [7, 11) is 0. The number of hydrogen-bond donors (Lipinski definition) is 1. The molecule has 1 aliphatic rings. The van der Waals surface area contributed by atoms with E-state index in [1.165, 1.54) is 0 Å². The summed E-state index contributed by atoms with van der Waals surface area (Å²) in [4.78, 5) is 0. The van der Waals surface area contributed by atoms with E-state index in [2.05, 4.69) is 4.74 Å². The number of rotatable bonds is 2. The molecule has 0 aliphatic heterocycles. The van der Waals surface area contributed by atoms with Crippen molar-refractivity contribution >= 4 is 0 Å². The van der Waals surface area contributed by atoms with Crippen LogP contribution in [0.3, 0.4) is 0 Å². The van der Waals surface area contributed by atoms with E-state index < -0.39 is 25.0 Å². The Balaban J connectivity index is 2.33. The molecule has 0 aromatic heterocycles. The maximum Gasteiger partial charge on any atom is 0.411 e. The summed E-state index contributed by atoms with van der Waals surface area (Å²) < 4.78 is 40.2. The summed E-state index contributed by atoms with van der Waals surface area (Å²) in [5.74, 6) is 0. The molecular weight excluding hydrogens is 197 g/mol. The predicted molar refractivity (Wildman–Crippen MR) is 44.9 cm³/mol. The predicted octanol–water partition coefficient (Wildman–Crippen LogP) is 2.26. The van der Waals surface area contributed by atoms with Crippen molar-refractivity contribution in [1.29, 1.82) is 0 Å². The number of hydrogen-bond acceptors (Lipinski definition) is 2. The molecule has 0 bridgehead atoms. The van der Waals surface area contributed by atoms with Gasteiger partial charge in [-0.2, -0.15) is 13.2 Å². The van der Waals surface area contributed by atoms with E-state index in [4.69, 9.17) is 0 Å². The van der Waals surface area contributed by atoms with Gasteiger partial charge in [-0.3, -0.25) is 0 Å². The second kappa shape index (κ2) is 4.98. The minimum Gasteiger partial charge on any atom is -0.390 e. The van der Waals surface area contributed by atoms with Gasteiger partial charge in [0.1, 0.15) is 6.61 Å². The van der Waals surface area contributed by atoms with Crippen molar-refractivity contribution in [2.45, 2.75) is 50.5 Å². The van der Waals surface area contributed by atoms with Crippen molar-refractivity contribution in [3.63, 3.8) is 0 Å². The molecule has 1 rings (SSSR count). The molecule has 0 spiro atoms. The van der Waals surface area contributed by atoms with Crippen LogP contribution in [0, 0.1) is 0 Å². The topological polar surface area (TPSA) is 29.5 Å². The Labute approximate surface area is 81.1 Å². The van der Waals surface area contributed by atoms with Crippen LogP contribution in [0.1, 0.15) is 32.1 Å². The van der Waals surface area contributed by atoms with E-state index in [-0.39, 0.29) is 0 Å². The molecule has 0 heterocycles. The second-order valence-corrected chi connectivity index (χ2v) is 3.67. The van der Waals surface area contributed by atoms with Crippen LogP contribution in [-0.4, -0.2) is 30.1 Å². The van der Waals surface area contributed by atoms with Gasteiger partial charge in [0.2, 0.25) is 0 Å². The molecule has 1 saturated carbocycles. The highest BCUT2D eigenvalue weighted by Gasteiger charge is 2.31. The normalized spacial score (nSPS) is 30.0. The molecule has 1 aliphatic carbocycles. The molecule has 2 unspecified atom stereocenters. The number of alkyl halides is 3. The number of aliphatic hydroxyl groups excluding tert-OH is 1. The molecule has 0 saturated heterocycles. The van der Waals surface area contributed by atoms with Gasteiger partial charge in [-0.25, -0.2) is 0 Å². The fourth-order valence-corrected chi connectivity index (χ4v) is 1.65. The highest BCUT2D eigenvalue weighted by Crippen LogP contribution is 2.23. The monoisotopic (exact) mass is 212 g/mol. The first-order valence-corrected chi connectivity index (χ1v) is 4.85. The summed E-state index contributed by atoms with van der Waals surface area (Å²) in [6.45, 7) is -1.26. The van der Waals surface area contributed by atoms with Crippen molar-refractivity contribution in [3.05, 3.63) is 0 Å². The van der Waals surface area contributed by atoms with Crippen LogP contribution < -0.4 is 0 Å². The second-order valence-electron chi connectivity index (χ2n) is 3.67. The van der Waals surface area contributed by atoms with Crippen LogP contribution in [0.15, 0.2) is 0 Å². The average Bonchev–Trinajstić information content (AvgIpc) is 2.25. The van der Waals surface area contributed by atoms with Gasteiger partial charge in [-0.15, -0.1) is 0 Å². The van der Waals surface area contributed by atoms with E-state index in [0.717, 1.165) is 19.3 Å². The fourth-order valence-electron chi connectivity index (χ4n) is 1.65. The van der Waals surface area contributed by atoms with Gasteiger partial charge < -0.3 is 9.84 Å². The third-order valence-corrected chi connectivity index (χ3v) is 2.38. The van der Waals surface area contributed by atoms with Gasteiger partial charge in [-0.1, -0.05) is 19.3 Å². The molecule has 1 fully saturated rings. The van der Waals surface area contributed by atoms with Crippen molar-refractivity contribution in [1.82, 2.24) is 0 Å². The number of ether oxygens (including phenoxy) is 1. The Bertz CT molecular complexity index is 170. The highest BCUT2D eigenvalue weighted by molar-refractivity contribution is 4.73. The van der Waals surface area contributed by atoms with E-state index >= 15 is 0 Å². The highest BCUT2D eigenvalue weighted by atomic mass is 19.4. The molecule has 0 radical (unpaired) electrons. The van der Waals surface area contributed by atoms with Gasteiger partial charge in [0.25, 0.3) is 0 Å². The Morgan fingerprint density at radius 1 is 1.14 bits per heavy atom. The summed E-state index contributed by atoms with van der Waals surface area (Å²) >= 11 is 0. The van der Waals surface area contributed by atoms with Gasteiger partial charge in [0, 0.05) is 0 Å². The largest absolute Gasteiger partial charge is 0.411 e. The average molecular weight is 212 g/mol. The Morgan fingerprint density at radius 3 is 2.43 bits per heavy atom. The lowest BCUT2D eigenvalue weighted by molar-refractivity contribution is -0.195. The third-order valence-electron chi connectivity index (χ3n) is 2.38. The minimum absolute atomic E-state index is 0.525. The maximum atomic E-state index is 11.8. The van der Waals surface area contributed by atoms with Gasteiger partial charge in [0.15, 0.2) is 0 Å². The van der Waals surface area contributed by atoms with E-state index in [1.807, 2.05) is 0 Å². The minimum atomic E-state index is -4.30. The Kier molecular flexibility index (Phi) is 4.19. The number of aliphatic hydroxyl groups is 1. The van der Waals surface area contributed by atoms with Crippen LogP contribution >= 0.6 is 0 Å². The Morgan fingerprint density at radius 2 is 1.79 bits per heavy atom. The molecular formula is C9H15F3O2. The van der Waals surface area contributed by atoms with Gasteiger partial charge in [-0.05, 0) is 12.8 Å². The summed E-state index contributed by atoms with van der Waals surface area (Å²) in [5, 5.41) is 9.45. The molecule has 5 heteroatoms. The molecule has 2 atom stereocenters. The van der Waals surface area contributed by atoms with Crippen LogP contribution in [-0.2, 0) is 4.74 Å². The molecule has 2 nitrogen and oxygen atoms in total. The third kappa shape index (κ3) is 4.28. The van der Waals surface area contributed by atoms with Crippen LogP contribution in [0.2, 0.25) is 0 Å². The lowest BCUT2D eigenvalue weighted by Gasteiger charge is -2.21. The molecule has 0 aromatic rings. The summed E-state index contributed by atoms with van der Waals surface area (Å²) in [5.41, 5.74) is 0. The van der Waals surface area contributed by atoms with Crippen LogP contribution in [0.5, 0.6) is 0 Å². The first-order chi connectivity index (χ1) is 6.49. The van der Waals surface area contributed by atoms with Crippen molar-refractivity contribution in [3.8, 4) is 0 Å². The Hall–Kier alpha value is -0.290. The van der Waals surface area contributed by atoms with E-state index in [1.54, 1.807) is 0 Å². The van der Waals surface area contributed by atoms with E-state index in [9.17, 15) is 18.3 Å². The lowest BCUT2D eigenvalue weighted by atomic mass is 10.1. The van der Waals surface area contributed by atoms with Crippen molar-refractivity contribution < 1.29 is 23.0 Å². The molecule has 14 heavy (non-hydrogen) atoms. The van der Waals surface area contributed by atoms with Crippen LogP contribution in [0.4, 0.5) is 13.2 Å². The smallest absolute Gasteiger partial charge is 0.390 e. The summed E-state index contributed by atoms with van der Waals surface area (Å²) in [6.07, 6.45) is -1.94. The molecule has 84 valence electrons. The maximum absolute atomic E-state index is 11.8.